The normalized spacial score (nSPS) is 19.1. The fourth-order valence-electron chi connectivity index (χ4n) is 3.39. The lowest BCUT2D eigenvalue weighted by atomic mass is 10.1. The maximum atomic E-state index is 12.4. The zero-order valence-corrected chi connectivity index (χ0v) is 14.7. The molecule has 6 heteroatoms. The minimum Gasteiger partial charge on any atom is -0.393 e. The van der Waals surface area contributed by atoms with Gasteiger partial charge >= 0.3 is 6.03 Å². The number of nitrogens with zero attached hydrogens (tertiary/aromatic N) is 2. The average molecular weight is 345 g/mol. The largest absolute Gasteiger partial charge is 0.393 e. The highest BCUT2D eigenvalue weighted by atomic mass is 16.5. The fourth-order valence-corrected chi connectivity index (χ4v) is 3.39. The SMILES string of the molecule is C[C@H](O)C[C@H]1COCCN1C(=O)NCCCn1ccc2ccccc21. The van der Waals surface area contributed by atoms with Gasteiger partial charge in [-0.1, -0.05) is 18.2 Å². The Labute approximate surface area is 148 Å². The van der Waals surface area contributed by atoms with Crippen LogP contribution in [0.15, 0.2) is 36.5 Å². The average Bonchev–Trinajstić information content (AvgIpc) is 3.02. The van der Waals surface area contributed by atoms with Crippen molar-refractivity contribution in [3.8, 4) is 0 Å². The van der Waals surface area contributed by atoms with Crippen molar-refractivity contribution in [1.29, 1.82) is 0 Å². The van der Waals surface area contributed by atoms with E-state index in [-0.39, 0.29) is 12.1 Å². The number of carbonyl (C=O) groups is 1. The lowest BCUT2D eigenvalue weighted by Crippen LogP contribution is -2.53. The number of hydrogen-bond acceptors (Lipinski definition) is 3. The molecule has 2 amide bonds. The highest BCUT2D eigenvalue weighted by Gasteiger charge is 2.27. The fraction of sp³-hybridized carbons (Fsp3) is 0.526. The van der Waals surface area contributed by atoms with E-state index in [0.29, 0.717) is 32.7 Å². The van der Waals surface area contributed by atoms with Gasteiger partial charge in [0.15, 0.2) is 0 Å². The highest BCUT2D eigenvalue weighted by molar-refractivity contribution is 5.79. The van der Waals surface area contributed by atoms with Crippen LogP contribution in [0.2, 0.25) is 0 Å². The van der Waals surface area contributed by atoms with E-state index in [0.717, 1.165) is 13.0 Å². The number of urea groups is 1. The first-order valence-corrected chi connectivity index (χ1v) is 8.99. The van der Waals surface area contributed by atoms with E-state index < -0.39 is 6.10 Å². The van der Waals surface area contributed by atoms with E-state index in [1.165, 1.54) is 10.9 Å². The summed E-state index contributed by atoms with van der Waals surface area (Å²) in [6.07, 6.45) is 3.06. The molecule has 1 aliphatic rings. The molecule has 0 spiro atoms. The Kier molecular flexibility index (Phi) is 5.94. The number of ether oxygens (including phenoxy) is 1. The number of nitrogens with one attached hydrogen (secondary N) is 1. The summed E-state index contributed by atoms with van der Waals surface area (Å²) in [5.74, 6) is 0. The quantitative estimate of drug-likeness (QED) is 0.789. The Balaban J connectivity index is 1.47. The summed E-state index contributed by atoms with van der Waals surface area (Å²) in [4.78, 5) is 14.2. The van der Waals surface area contributed by atoms with Gasteiger partial charge < -0.3 is 24.6 Å². The molecule has 1 fully saturated rings. The smallest absolute Gasteiger partial charge is 0.317 e. The summed E-state index contributed by atoms with van der Waals surface area (Å²) in [7, 11) is 0. The van der Waals surface area contributed by atoms with Crippen molar-refractivity contribution in [3.63, 3.8) is 0 Å². The number of rotatable bonds is 6. The van der Waals surface area contributed by atoms with E-state index in [1.807, 2.05) is 12.1 Å². The van der Waals surface area contributed by atoms with Crippen molar-refractivity contribution in [3.05, 3.63) is 36.5 Å². The van der Waals surface area contributed by atoms with Crippen molar-refractivity contribution in [1.82, 2.24) is 14.8 Å². The maximum Gasteiger partial charge on any atom is 0.317 e. The topological polar surface area (TPSA) is 66.7 Å². The number of amides is 2. The Hall–Kier alpha value is -2.05. The molecule has 1 aromatic heterocycles. The van der Waals surface area contributed by atoms with E-state index >= 15 is 0 Å². The van der Waals surface area contributed by atoms with E-state index in [9.17, 15) is 9.90 Å². The van der Waals surface area contributed by atoms with E-state index in [2.05, 4.69) is 34.3 Å². The van der Waals surface area contributed by atoms with Gasteiger partial charge in [-0.25, -0.2) is 4.79 Å². The zero-order chi connectivity index (χ0) is 17.6. The van der Waals surface area contributed by atoms with Gasteiger partial charge in [-0.3, -0.25) is 0 Å². The number of para-hydroxylation sites is 1. The summed E-state index contributed by atoms with van der Waals surface area (Å²) in [6.45, 7) is 4.86. The molecule has 2 N–H and O–H groups in total. The number of benzene rings is 1. The predicted molar refractivity (Wildman–Crippen MR) is 97.6 cm³/mol. The molecule has 0 aliphatic carbocycles. The van der Waals surface area contributed by atoms with Crippen LogP contribution in [0.3, 0.4) is 0 Å². The number of hydrogen-bond donors (Lipinski definition) is 2. The lowest BCUT2D eigenvalue weighted by Gasteiger charge is -2.36. The van der Waals surface area contributed by atoms with Gasteiger partial charge in [0.05, 0.1) is 25.4 Å². The molecule has 0 bridgehead atoms. The minimum atomic E-state index is -0.441. The van der Waals surface area contributed by atoms with Gasteiger partial charge in [0.2, 0.25) is 0 Å². The second-order valence-corrected chi connectivity index (χ2v) is 6.66. The van der Waals surface area contributed by atoms with Crippen LogP contribution in [0.25, 0.3) is 10.9 Å². The number of aliphatic hydroxyl groups is 1. The van der Waals surface area contributed by atoms with Crippen LogP contribution in [0.4, 0.5) is 4.79 Å². The number of aryl methyl sites for hydroxylation is 1. The van der Waals surface area contributed by atoms with Crippen molar-refractivity contribution in [2.24, 2.45) is 0 Å². The third kappa shape index (κ3) is 4.52. The molecule has 2 heterocycles. The zero-order valence-electron chi connectivity index (χ0n) is 14.7. The maximum absolute atomic E-state index is 12.4. The number of morpholine rings is 1. The molecule has 1 aromatic carbocycles. The van der Waals surface area contributed by atoms with Crippen molar-refractivity contribution in [2.45, 2.75) is 38.5 Å². The molecule has 25 heavy (non-hydrogen) atoms. The molecule has 2 aromatic rings. The summed E-state index contributed by atoms with van der Waals surface area (Å²) in [6, 6.07) is 10.3. The van der Waals surface area contributed by atoms with Crippen LogP contribution >= 0.6 is 0 Å². The van der Waals surface area contributed by atoms with Gasteiger partial charge in [0.25, 0.3) is 0 Å². The van der Waals surface area contributed by atoms with Gasteiger partial charge in [-0.2, -0.15) is 0 Å². The van der Waals surface area contributed by atoms with Crippen molar-refractivity contribution >= 4 is 16.9 Å². The molecule has 0 saturated carbocycles. The Morgan fingerprint density at radius 2 is 2.24 bits per heavy atom. The molecule has 6 nitrogen and oxygen atoms in total. The van der Waals surface area contributed by atoms with E-state index in [1.54, 1.807) is 11.8 Å². The van der Waals surface area contributed by atoms with E-state index in [4.69, 9.17) is 4.74 Å². The van der Waals surface area contributed by atoms with Crippen LogP contribution in [-0.2, 0) is 11.3 Å². The lowest BCUT2D eigenvalue weighted by molar-refractivity contribution is -0.00429. The van der Waals surface area contributed by atoms with Crippen LogP contribution < -0.4 is 5.32 Å². The summed E-state index contributed by atoms with van der Waals surface area (Å²) < 4.78 is 7.66. The summed E-state index contributed by atoms with van der Waals surface area (Å²) >= 11 is 0. The number of carbonyl (C=O) groups excluding carboxylic acids is 1. The molecule has 0 radical (unpaired) electrons. The molecular weight excluding hydrogens is 318 g/mol. The Bertz CT molecular complexity index is 698. The highest BCUT2D eigenvalue weighted by Crippen LogP contribution is 2.15. The van der Waals surface area contributed by atoms with Crippen LogP contribution in [0, 0.1) is 0 Å². The summed E-state index contributed by atoms with van der Waals surface area (Å²) in [5.41, 5.74) is 1.22. The minimum absolute atomic E-state index is 0.0536. The van der Waals surface area contributed by atoms with Crippen molar-refractivity contribution in [2.75, 3.05) is 26.3 Å². The van der Waals surface area contributed by atoms with Crippen molar-refractivity contribution < 1.29 is 14.6 Å². The van der Waals surface area contributed by atoms with Gasteiger partial charge in [0.1, 0.15) is 0 Å². The van der Waals surface area contributed by atoms with Gasteiger partial charge in [0, 0.05) is 31.3 Å². The standard InChI is InChI=1S/C19H27N3O3/c1-15(23)13-17-14-25-12-11-22(17)19(24)20-8-4-9-21-10-7-16-5-2-3-6-18(16)21/h2-3,5-7,10,15,17,23H,4,8-9,11-14H2,1H3,(H,20,24)/t15-,17-/m0/s1. The second kappa shape index (κ2) is 8.36. The number of aliphatic hydroxyl groups excluding tert-OH is 1. The summed E-state index contributed by atoms with van der Waals surface area (Å²) in [5, 5.41) is 13.8. The monoisotopic (exact) mass is 345 g/mol. The second-order valence-electron chi connectivity index (χ2n) is 6.66. The molecule has 3 rings (SSSR count). The molecule has 1 saturated heterocycles. The van der Waals surface area contributed by atoms with Gasteiger partial charge in [-0.05, 0) is 37.3 Å². The molecule has 2 atom stereocenters. The number of fused-ring (bicyclic) bond motifs is 1. The first kappa shape index (κ1) is 17.8. The Morgan fingerprint density at radius 3 is 3.08 bits per heavy atom. The third-order valence-corrected chi connectivity index (χ3v) is 4.63. The molecule has 136 valence electrons. The molecular formula is C19H27N3O3. The van der Waals surface area contributed by atoms with Crippen LogP contribution in [-0.4, -0.2) is 59.1 Å². The molecule has 0 unspecified atom stereocenters. The first-order chi connectivity index (χ1) is 12.1. The van der Waals surface area contributed by atoms with Crippen LogP contribution in [0.5, 0.6) is 0 Å². The number of aromatic nitrogens is 1. The molecule has 1 aliphatic heterocycles. The van der Waals surface area contributed by atoms with Gasteiger partial charge in [-0.15, -0.1) is 0 Å². The Morgan fingerprint density at radius 1 is 1.40 bits per heavy atom. The predicted octanol–water partition coefficient (Wildman–Crippen LogP) is 2.21. The van der Waals surface area contributed by atoms with Crippen LogP contribution in [0.1, 0.15) is 19.8 Å². The third-order valence-electron chi connectivity index (χ3n) is 4.63. The first-order valence-electron chi connectivity index (χ1n) is 8.99.